The second kappa shape index (κ2) is 4.90. The van der Waals surface area contributed by atoms with Crippen LogP contribution in [0, 0.1) is 11.6 Å². The SMILES string of the molecule is [Rb+].[c-]1n[nH]c2nc(N3CCC4(CNC4)C3)ncc12. The Kier molecular flexibility index (Phi) is 3.57. The van der Waals surface area contributed by atoms with Gasteiger partial charge in [0.05, 0.1) is 0 Å². The molecular formula is C11H13N6Rb. The first kappa shape index (κ1) is 13.1. The first-order valence-corrected chi connectivity index (χ1v) is 5.89. The summed E-state index contributed by atoms with van der Waals surface area (Å²) in [5.41, 5.74) is 1.24. The Hall–Kier alpha value is 0.115. The third kappa shape index (κ3) is 2.08. The molecule has 0 atom stereocenters. The zero-order valence-electron chi connectivity index (χ0n) is 10.4. The Labute approximate surface area is 154 Å². The van der Waals surface area contributed by atoms with Crippen molar-refractivity contribution in [1.82, 2.24) is 25.5 Å². The molecule has 6 nitrogen and oxygen atoms in total. The van der Waals surface area contributed by atoms with Crippen LogP contribution in [-0.4, -0.2) is 46.3 Å². The van der Waals surface area contributed by atoms with E-state index in [4.69, 9.17) is 0 Å². The van der Waals surface area contributed by atoms with E-state index < -0.39 is 0 Å². The number of nitrogens with one attached hydrogen (secondary N) is 2. The molecule has 4 rings (SSSR count). The molecule has 2 aromatic heterocycles. The van der Waals surface area contributed by atoms with E-state index >= 15 is 0 Å². The summed E-state index contributed by atoms with van der Waals surface area (Å²) < 4.78 is 0. The van der Waals surface area contributed by atoms with Gasteiger partial charge in [-0.05, 0) is 12.6 Å². The molecule has 2 N–H and O–H groups in total. The van der Waals surface area contributed by atoms with Gasteiger partial charge >= 0.3 is 58.2 Å². The van der Waals surface area contributed by atoms with Crippen LogP contribution in [0.5, 0.6) is 0 Å². The molecule has 2 saturated heterocycles. The van der Waals surface area contributed by atoms with Crippen LogP contribution in [0.1, 0.15) is 6.42 Å². The summed E-state index contributed by atoms with van der Waals surface area (Å²) in [5.74, 6) is 0.805. The molecule has 7 heteroatoms. The topological polar surface area (TPSA) is 69.7 Å². The van der Waals surface area contributed by atoms with Crippen molar-refractivity contribution in [2.75, 3.05) is 31.1 Å². The fourth-order valence-electron chi connectivity index (χ4n) is 2.71. The van der Waals surface area contributed by atoms with Crippen LogP contribution >= 0.6 is 0 Å². The van der Waals surface area contributed by atoms with Crippen LogP contribution in [0.3, 0.4) is 0 Å². The van der Waals surface area contributed by atoms with Gasteiger partial charge in [0.25, 0.3) is 0 Å². The Morgan fingerprint density at radius 3 is 3.00 bits per heavy atom. The van der Waals surface area contributed by atoms with Gasteiger partial charge in [0.2, 0.25) is 5.95 Å². The predicted octanol–water partition coefficient (Wildman–Crippen LogP) is -3.04. The van der Waals surface area contributed by atoms with Crippen molar-refractivity contribution < 1.29 is 58.2 Å². The first-order chi connectivity index (χ1) is 8.35. The van der Waals surface area contributed by atoms with E-state index in [0.717, 1.165) is 43.2 Å². The standard InChI is InChI=1S/C11H13N6.Rb/c1-2-17(7-11(1)5-12-6-11)10-13-3-8-4-14-16-9(8)15-10;/h3,12H,1-2,5-7H2,(H,13,14,15,16);/q-1;+1. The van der Waals surface area contributed by atoms with Gasteiger partial charge in [0.15, 0.2) is 0 Å². The predicted molar refractivity (Wildman–Crippen MR) is 62.7 cm³/mol. The minimum atomic E-state index is 0. The van der Waals surface area contributed by atoms with Gasteiger partial charge in [0.1, 0.15) is 0 Å². The first-order valence-electron chi connectivity index (χ1n) is 5.89. The molecule has 0 aromatic carbocycles. The summed E-state index contributed by atoms with van der Waals surface area (Å²) in [5, 5.41) is 10.9. The number of hydrogen-bond donors (Lipinski definition) is 2. The zero-order chi connectivity index (χ0) is 11.3. The number of aromatic amines is 1. The molecule has 1 spiro atoms. The minimum absolute atomic E-state index is 0. The average molecular weight is 315 g/mol. The fourth-order valence-corrected chi connectivity index (χ4v) is 2.71. The van der Waals surface area contributed by atoms with Crippen LogP contribution < -0.4 is 68.4 Å². The molecule has 88 valence electrons. The molecule has 0 aliphatic carbocycles. The van der Waals surface area contributed by atoms with E-state index in [1.807, 2.05) is 0 Å². The monoisotopic (exact) mass is 314 g/mol. The molecule has 4 heterocycles. The Morgan fingerprint density at radius 2 is 2.28 bits per heavy atom. The van der Waals surface area contributed by atoms with E-state index in [1.165, 1.54) is 6.42 Å². The van der Waals surface area contributed by atoms with Crippen molar-refractivity contribution in [2.45, 2.75) is 6.42 Å². The van der Waals surface area contributed by atoms with Crippen molar-refractivity contribution in [3.05, 3.63) is 12.4 Å². The number of aromatic nitrogens is 4. The van der Waals surface area contributed by atoms with E-state index in [0.29, 0.717) is 5.41 Å². The maximum atomic E-state index is 4.49. The number of fused-ring (bicyclic) bond motifs is 1. The van der Waals surface area contributed by atoms with Crippen molar-refractivity contribution in [1.29, 1.82) is 0 Å². The van der Waals surface area contributed by atoms with E-state index in [9.17, 15) is 0 Å². The average Bonchev–Trinajstić information content (AvgIpc) is 2.94. The summed E-state index contributed by atoms with van der Waals surface area (Å²) in [6.07, 6.45) is 5.83. The van der Waals surface area contributed by atoms with Gasteiger partial charge in [0, 0.05) is 37.2 Å². The van der Waals surface area contributed by atoms with Gasteiger partial charge in [-0.3, -0.25) is 15.1 Å². The van der Waals surface area contributed by atoms with Gasteiger partial charge in [-0.15, -0.1) is 5.39 Å². The van der Waals surface area contributed by atoms with E-state index in [1.54, 1.807) is 6.20 Å². The molecule has 0 radical (unpaired) electrons. The Balaban J connectivity index is 0.000001000. The summed E-state index contributed by atoms with van der Waals surface area (Å²) in [4.78, 5) is 11.1. The van der Waals surface area contributed by atoms with E-state index in [-0.39, 0.29) is 58.2 Å². The smallest absolute Gasteiger partial charge is 0.342 e. The number of hydrogen-bond acceptors (Lipinski definition) is 5. The number of rotatable bonds is 1. The number of anilines is 1. The van der Waals surface area contributed by atoms with Gasteiger partial charge in [-0.1, -0.05) is 6.20 Å². The third-order valence-corrected chi connectivity index (χ3v) is 3.84. The van der Waals surface area contributed by atoms with E-state index in [2.05, 4.69) is 36.6 Å². The van der Waals surface area contributed by atoms with Crippen molar-refractivity contribution in [3.63, 3.8) is 0 Å². The molecule has 2 aliphatic rings. The Morgan fingerprint density at radius 1 is 1.39 bits per heavy atom. The number of H-pyrrole nitrogens is 1. The summed E-state index contributed by atoms with van der Waals surface area (Å²) in [7, 11) is 0. The molecule has 0 bridgehead atoms. The second-order valence-electron chi connectivity index (χ2n) is 5.04. The molecule has 18 heavy (non-hydrogen) atoms. The fraction of sp³-hybridized carbons (Fsp3) is 0.545. The molecule has 0 unspecified atom stereocenters. The molecule has 2 fully saturated rings. The summed E-state index contributed by atoms with van der Waals surface area (Å²) in [6.45, 7) is 4.36. The van der Waals surface area contributed by atoms with Crippen LogP contribution in [0.25, 0.3) is 11.0 Å². The van der Waals surface area contributed by atoms with Crippen LogP contribution in [0.4, 0.5) is 5.95 Å². The molecule has 0 amide bonds. The molecule has 2 aliphatic heterocycles. The normalized spacial score (nSPS) is 21.0. The maximum absolute atomic E-state index is 4.49. The van der Waals surface area contributed by atoms with Gasteiger partial charge in [-0.2, -0.15) is 0 Å². The molecular weight excluding hydrogens is 302 g/mol. The summed E-state index contributed by atoms with van der Waals surface area (Å²) >= 11 is 0. The summed E-state index contributed by atoms with van der Waals surface area (Å²) in [6, 6.07) is 0. The second-order valence-corrected chi connectivity index (χ2v) is 5.04. The van der Waals surface area contributed by atoms with Crippen molar-refractivity contribution in [2.24, 2.45) is 5.41 Å². The minimum Gasteiger partial charge on any atom is -0.342 e. The Bertz CT molecular complexity index is 563. The largest absolute Gasteiger partial charge is 1.00 e. The van der Waals surface area contributed by atoms with Crippen molar-refractivity contribution in [3.8, 4) is 0 Å². The van der Waals surface area contributed by atoms with Crippen LogP contribution in [-0.2, 0) is 0 Å². The van der Waals surface area contributed by atoms with Crippen LogP contribution in [0.2, 0.25) is 0 Å². The van der Waals surface area contributed by atoms with Crippen molar-refractivity contribution >= 4 is 17.0 Å². The van der Waals surface area contributed by atoms with Gasteiger partial charge in [-0.25, -0.2) is 0 Å². The quantitative estimate of drug-likeness (QED) is 0.548. The third-order valence-electron chi connectivity index (χ3n) is 3.84. The number of nitrogens with zero attached hydrogens (tertiary/aromatic N) is 4. The zero-order valence-corrected chi connectivity index (χ0v) is 15.3. The molecule has 2 aromatic rings. The van der Waals surface area contributed by atoms with Crippen LogP contribution in [0.15, 0.2) is 6.20 Å². The maximum Gasteiger partial charge on any atom is 1.00 e. The molecule has 0 saturated carbocycles. The van der Waals surface area contributed by atoms with Gasteiger partial charge < -0.3 is 15.3 Å².